The van der Waals surface area contributed by atoms with E-state index in [9.17, 15) is 9.90 Å². The molecular weight excluding hydrogens is 364 g/mol. The van der Waals surface area contributed by atoms with Gasteiger partial charge in [0.15, 0.2) is 11.4 Å². The van der Waals surface area contributed by atoms with Gasteiger partial charge in [0.25, 0.3) is 5.91 Å². The summed E-state index contributed by atoms with van der Waals surface area (Å²) in [7, 11) is 0. The number of rotatable bonds is 5. The summed E-state index contributed by atoms with van der Waals surface area (Å²) in [6, 6.07) is 7.96. The summed E-state index contributed by atoms with van der Waals surface area (Å²) in [4.78, 5) is 12.5. The van der Waals surface area contributed by atoms with E-state index in [2.05, 4.69) is 36.5 Å². The number of aromatic hydroxyl groups is 1. The number of halogens is 1. The number of hydrogen-bond acceptors (Lipinski definition) is 4. The molecule has 0 saturated carbocycles. The molecule has 0 radical (unpaired) electrons. The normalized spacial score (nSPS) is 16.0. The fourth-order valence-electron chi connectivity index (χ4n) is 3.26. The van der Waals surface area contributed by atoms with Crippen molar-refractivity contribution >= 4 is 18.3 Å². The van der Waals surface area contributed by atoms with Crippen LogP contribution < -0.4 is 10.6 Å². The number of piperidine rings is 1. The maximum atomic E-state index is 12.5. The number of aromatic nitrogens is 2. The fourth-order valence-corrected chi connectivity index (χ4v) is 3.26. The van der Waals surface area contributed by atoms with E-state index in [0.717, 1.165) is 31.6 Å². The van der Waals surface area contributed by atoms with Gasteiger partial charge in [-0.25, -0.2) is 4.68 Å². The molecule has 7 heteroatoms. The Morgan fingerprint density at radius 1 is 1.30 bits per heavy atom. The monoisotopic (exact) mass is 392 g/mol. The quantitative estimate of drug-likeness (QED) is 0.729. The summed E-state index contributed by atoms with van der Waals surface area (Å²) in [6.45, 7) is 8.99. The van der Waals surface area contributed by atoms with Crippen LogP contribution in [0.15, 0.2) is 30.5 Å². The highest BCUT2D eigenvalue weighted by atomic mass is 35.5. The highest BCUT2D eigenvalue weighted by molar-refractivity contribution is 5.94. The Hall–Kier alpha value is -2.05. The molecule has 0 aliphatic carbocycles. The van der Waals surface area contributed by atoms with Crippen molar-refractivity contribution in [2.75, 3.05) is 19.6 Å². The number of amides is 1. The maximum absolute atomic E-state index is 12.5. The third-order valence-corrected chi connectivity index (χ3v) is 5.22. The molecule has 1 aromatic carbocycles. The first-order valence-corrected chi connectivity index (χ1v) is 9.26. The lowest BCUT2D eigenvalue weighted by Gasteiger charge is -2.34. The number of nitrogens with zero attached hydrogens (tertiary/aromatic N) is 2. The minimum absolute atomic E-state index is 0. The molecule has 1 amide bonds. The molecule has 1 aliphatic heterocycles. The van der Waals surface area contributed by atoms with Crippen LogP contribution >= 0.6 is 12.4 Å². The number of carbonyl (C=O) groups excluding carboxylic acids is 1. The Bertz CT molecular complexity index is 765. The Kier molecular flexibility index (Phi) is 6.89. The standard InChI is InChI=1S/C20H28N4O2.ClH/c1-14(2)15-4-6-16(7-5-15)24-12-17(25)18(23-24)19(26)22-13-20(3)8-10-21-11-9-20;/h4-7,12,14,21,25H,8-11,13H2,1-3H3,(H,22,26);1H. The van der Waals surface area contributed by atoms with Gasteiger partial charge in [0, 0.05) is 6.54 Å². The molecule has 1 aromatic heterocycles. The van der Waals surface area contributed by atoms with Gasteiger partial charge in [-0.05, 0) is 55.0 Å². The van der Waals surface area contributed by atoms with E-state index < -0.39 is 0 Å². The molecule has 148 valence electrons. The van der Waals surface area contributed by atoms with Crippen molar-refractivity contribution in [1.82, 2.24) is 20.4 Å². The minimum atomic E-state index is -0.334. The van der Waals surface area contributed by atoms with Crippen molar-refractivity contribution in [3.63, 3.8) is 0 Å². The fraction of sp³-hybridized carbons (Fsp3) is 0.500. The van der Waals surface area contributed by atoms with Crippen molar-refractivity contribution in [2.45, 2.75) is 39.5 Å². The van der Waals surface area contributed by atoms with E-state index in [1.54, 1.807) is 4.68 Å². The number of carbonyl (C=O) groups is 1. The molecule has 0 atom stereocenters. The molecule has 1 saturated heterocycles. The lowest BCUT2D eigenvalue weighted by Crippen LogP contribution is -2.43. The van der Waals surface area contributed by atoms with Crippen LogP contribution in [-0.2, 0) is 0 Å². The van der Waals surface area contributed by atoms with Crippen LogP contribution in [0.5, 0.6) is 5.75 Å². The van der Waals surface area contributed by atoms with E-state index in [0.29, 0.717) is 12.5 Å². The van der Waals surface area contributed by atoms with Crippen LogP contribution in [0.4, 0.5) is 0 Å². The summed E-state index contributed by atoms with van der Waals surface area (Å²) in [6.07, 6.45) is 3.53. The van der Waals surface area contributed by atoms with Crippen LogP contribution in [0.2, 0.25) is 0 Å². The van der Waals surface area contributed by atoms with Crippen molar-refractivity contribution in [3.05, 3.63) is 41.7 Å². The highest BCUT2D eigenvalue weighted by Crippen LogP contribution is 2.27. The van der Waals surface area contributed by atoms with E-state index >= 15 is 0 Å². The zero-order valence-corrected chi connectivity index (χ0v) is 17.0. The second-order valence-corrected chi connectivity index (χ2v) is 7.80. The maximum Gasteiger partial charge on any atom is 0.275 e. The van der Waals surface area contributed by atoms with Crippen molar-refractivity contribution < 1.29 is 9.90 Å². The van der Waals surface area contributed by atoms with Gasteiger partial charge in [-0.3, -0.25) is 4.79 Å². The first-order valence-electron chi connectivity index (χ1n) is 9.26. The zero-order valence-electron chi connectivity index (χ0n) is 16.2. The molecule has 3 rings (SSSR count). The van der Waals surface area contributed by atoms with Crippen molar-refractivity contribution in [1.29, 1.82) is 0 Å². The zero-order chi connectivity index (χ0) is 18.7. The van der Waals surface area contributed by atoms with Gasteiger partial charge in [-0.1, -0.05) is 32.9 Å². The lowest BCUT2D eigenvalue weighted by atomic mass is 9.81. The largest absolute Gasteiger partial charge is 0.504 e. The Balaban J connectivity index is 0.00000261. The molecule has 1 fully saturated rings. The Labute approximate surface area is 166 Å². The molecule has 0 spiro atoms. The SMILES string of the molecule is CC(C)c1ccc(-n2cc(O)c(C(=O)NCC3(C)CCNCC3)n2)cc1.Cl. The van der Waals surface area contributed by atoms with E-state index in [1.807, 2.05) is 24.3 Å². The summed E-state index contributed by atoms with van der Waals surface area (Å²) >= 11 is 0. The predicted molar refractivity (Wildman–Crippen MR) is 109 cm³/mol. The molecule has 2 heterocycles. The van der Waals surface area contributed by atoms with Crippen molar-refractivity contribution in [2.24, 2.45) is 5.41 Å². The highest BCUT2D eigenvalue weighted by Gasteiger charge is 2.28. The number of nitrogens with one attached hydrogen (secondary N) is 2. The second kappa shape index (κ2) is 8.76. The van der Waals surface area contributed by atoms with Crippen LogP contribution in [0.25, 0.3) is 5.69 Å². The Morgan fingerprint density at radius 2 is 1.93 bits per heavy atom. The summed E-state index contributed by atoms with van der Waals surface area (Å²) in [5.74, 6) is 0.0125. The first-order chi connectivity index (χ1) is 12.4. The molecule has 3 N–H and O–H groups in total. The lowest BCUT2D eigenvalue weighted by molar-refractivity contribution is 0.0914. The average Bonchev–Trinajstić information content (AvgIpc) is 3.02. The number of hydrogen-bond donors (Lipinski definition) is 3. The molecule has 0 bridgehead atoms. The third-order valence-electron chi connectivity index (χ3n) is 5.22. The molecule has 0 unspecified atom stereocenters. The second-order valence-electron chi connectivity index (χ2n) is 7.80. The van der Waals surface area contributed by atoms with Crippen LogP contribution in [0.3, 0.4) is 0 Å². The summed E-state index contributed by atoms with van der Waals surface area (Å²) < 4.78 is 1.54. The van der Waals surface area contributed by atoms with Gasteiger partial charge in [0.2, 0.25) is 0 Å². The first kappa shape index (κ1) is 21.3. The Morgan fingerprint density at radius 3 is 2.52 bits per heavy atom. The third kappa shape index (κ3) is 5.02. The van der Waals surface area contributed by atoms with Crippen LogP contribution in [0, 0.1) is 5.41 Å². The molecular formula is C20H29ClN4O2. The minimum Gasteiger partial charge on any atom is -0.504 e. The molecule has 6 nitrogen and oxygen atoms in total. The number of benzene rings is 1. The van der Waals surface area contributed by atoms with E-state index in [4.69, 9.17) is 0 Å². The van der Waals surface area contributed by atoms with Gasteiger partial charge in [0.1, 0.15) is 0 Å². The van der Waals surface area contributed by atoms with E-state index in [1.165, 1.54) is 11.8 Å². The van der Waals surface area contributed by atoms with Crippen LogP contribution in [-0.4, -0.2) is 40.4 Å². The summed E-state index contributed by atoms with van der Waals surface area (Å²) in [5, 5.41) is 20.7. The van der Waals surface area contributed by atoms with Crippen LogP contribution in [0.1, 0.15) is 55.6 Å². The van der Waals surface area contributed by atoms with Gasteiger partial charge in [0.05, 0.1) is 11.9 Å². The topological polar surface area (TPSA) is 79.2 Å². The summed E-state index contributed by atoms with van der Waals surface area (Å²) in [5.41, 5.74) is 2.20. The predicted octanol–water partition coefficient (Wildman–Crippen LogP) is 3.24. The van der Waals surface area contributed by atoms with Gasteiger partial charge < -0.3 is 15.7 Å². The van der Waals surface area contributed by atoms with Crippen molar-refractivity contribution in [3.8, 4) is 11.4 Å². The van der Waals surface area contributed by atoms with Gasteiger partial charge in [-0.15, -0.1) is 12.4 Å². The molecule has 2 aromatic rings. The average molecular weight is 393 g/mol. The smallest absolute Gasteiger partial charge is 0.275 e. The van der Waals surface area contributed by atoms with E-state index in [-0.39, 0.29) is 35.2 Å². The van der Waals surface area contributed by atoms with Gasteiger partial charge >= 0.3 is 0 Å². The van der Waals surface area contributed by atoms with Gasteiger partial charge in [-0.2, -0.15) is 5.10 Å². The molecule has 1 aliphatic rings. The molecule has 27 heavy (non-hydrogen) atoms.